The molecule has 3 aromatic heterocycles. The number of H-pyrrole nitrogens is 1. The van der Waals surface area contributed by atoms with E-state index in [0.717, 1.165) is 47.2 Å². The van der Waals surface area contributed by atoms with Crippen molar-refractivity contribution < 1.29 is 8.42 Å². The summed E-state index contributed by atoms with van der Waals surface area (Å²) >= 11 is 0. The second-order valence-corrected chi connectivity index (χ2v) is 9.58. The number of primary sulfonamides is 1. The molecule has 2 bridgehead atoms. The minimum atomic E-state index is -3.51. The molecular formula is C17H21N5O2S. The molecule has 25 heavy (non-hydrogen) atoms. The first-order chi connectivity index (χ1) is 11.8. The van der Waals surface area contributed by atoms with Crippen molar-refractivity contribution in [2.45, 2.75) is 50.3 Å². The van der Waals surface area contributed by atoms with Crippen LogP contribution in [0.2, 0.25) is 0 Å². The lowest BCUT2D eigenvalue weighted by Gasteiger charge is -2.73. The van der Waals surface area contributed by atoms with Gasteiger partial charge in [-0.1, -0.05) is 6.92 Å². The minimum absolute atomic E-state index is 0.0253. The molecule has 0 aliphatic heterocycles. The fourth-order valence-corrected chi connectivity index (χ4v) is 7.08. The molecule has 0 radical (unpaired) electrons. The fraction of sp³-hybridized carbons (Fsp3) is 0.529. The van der Waals surface area contributed by atoms with Gasteiger partial charge in [-0.25, -0.2) is 23.5 Å². The van der Waals surface area contributed by atoms with Crippen LogP contribution in [0.1, 0.15) is 38.4 Å². The number of aromatic amines is 1. The summed E-state index contributed by atoms with van der Waals surface area (Å²) in [5.74, 6) is 0.961. The Morgan fingerprint density at radius 2 is 2.12 bits per heavy atom. The van der Waals surface area contributed by atoms with Gasteiger partial charge in [-0.3, -0.25) is 0 Å². The Hall–Kier alpha value is -1.93. The highest BCUT2D eigenvalue weighted by Crippen LogP contribution is 2.74. The smallest absolute Gasteiger partial charge is 0.212 e. The zero-order valence-corrected chi connectivity index (χ0v) is 15.1. The van der Waals surface area contributed by atoms with Crippen LogP contribution in [0.3, 0.4) is 0 Å². The SMILES string of the molecule is CCC(C12CC(n3c(C)nc4cnc5[nH]ccc5c43)(C1)C2)S(N)(=O)=O. The van der Waals surface area contributed by atoms with E-state index in [4.69, 9.17) is 10.1 Å². The molecule has 0 saturated heterocycles. The average molecular weight is 359 g/mol. The molecule has 0 spiro atoms. The van der Waals surface area contributed by atoms with Gasteiger partial charge in [-0.15, -0.1) is 0 Å². The monoisotopic (exact) mass is 359 g/mol. The molecule has 1 atom stereocenters. The number of hydrogen-bond donors (Lipinski definition) is 2. The predicted molar refractivity (Wildman–Crippen MR) is 95.6 cm³/mol. The summed E-state index contributed by atoms with van der Waals surface area (Å²) < 4.78 is 26.3. The lowest BCUT2D eigenvalue weighted by Crippen LogP contribution is -2.73. The lowest BCUT2D eigenvalue weighted by molar-refractivity contribution is -0.186. The molecule has 0 aromatic carbocycles. The second-order valence-electron chi connectivity index (χ2n) is 7.83. The van der Waals surface area contributed by atoms with Crippen LogP contribution in [-0.4, -0.2) is 33.2 Å². The summed E-state index contributed by atoms with van der Waals surface area (Å²) in [6.45, 7) is 3.93. The Morgan fingerprint density at radius 1 is 1.40 bits per heavy atom. The molecule has 7 nitrogen and oxygen atoms in total. The van der Waals surface area contributed by atoms with E-state index in [1.54, 1.807) is 6.20 Å². The molecule has 3 aliphatic carbocycles. The molecule has 3 aliphatic rings. The molecule has 3 saturated carbocycles. The van der Waals surface area contributed by atoms with Crippen LogP contribution < -0.4 is 5.14 Å². The van der Waals surface area contributed by atoms with E-state index in [1.165, 1.54) is 0 Å². The van der Waals surface area contributed by atoms with E-state index in [0.29, 0.717) is 6.42 Å². The van der Waals surface area contributed by atoms with Crippen LogP contribution >= 0.6 is 0 Å². The van der Waals surface area contributed by atoms with Crippen molar-refractivity contribution in [3.63, 3.8) is 0 Å². The van der Waals surface area contributed by atoms with Gasteiger partial charge in [0.25, 0.3) is 0 Å². The summed E-state index contributed by atoms with van der Waals surface area (Å²) in [4.78, 5) is 12.3. The normalized spacial score (nSPS) is 29.6. The Bertz CT molecular complexity index is 1110. The molecule has 3 N–H and O–H groups in total. The lowest BCUT2D eigenvalue weighted by atomic mass is 9.38. The summed E-state index contributed by atoms with van der Waals surface area (Å²) in [6, 6.07) is 2.03. The summed E-state index contributed by atoms with van der Waals surface area (Å²) in [7, 11) is -3.51. The number of pyridine rings is 1. The minimum Gasteiger partial charge on any atom is -0.346 e. The van der Waals surface area contributed by atoms with Crippen molar-refractivity contribution in [1.82, 2.24) is 19.5 Å². The van der Waals surface area contributed by atoms with Crippen LogP contribution in [0.5, 0.6) is 0 Å². The average Bonchev–Trinajstić information content (AvgIpc) is 3.03. The molecule has 3 heterocycles. The van der Waals surface area contributed by atoms with E-state index in [9.17, 15) is 8.42 Å². The van der Waals surface area contributed by atoms with Crippen molar-refractivity contribution in [1.29, 1.82) is 0 Å². The largest absolute Gasteiger partial charge is 0.346 e. The first-order valence-corrected chi connectivity index (χ1v) is 10.2. The maximum atomic E-state index is 12.0. The number of sulfonamides is 1. The second kappa shape index (κ2) is 4.42. The van der Waals surface area contributed by atoms with Crippen LogP contribution in [0.4, 0.5) is 0 Å². The number of hydrogen-bond acceptors (Lipinski definition) is 4. The van der Waals surface area contributed by atoms with Crippen LogP contribution in [-0.2, 0) is 15.6 Å². The molecule has 8 heteroatoms. The Morgan fingerprint density at radius 3 is 2.76 bits per heavy atom. The zero-order valence-electron chi connectivity index (χ0n) is 14.3. The topological polar surface area (TPSA) is 107 Å². The first kappa shape index (κ1) is 15.3. The first-order valence-electron chi connectivity index (χ1n) is 8.63. The van der Waals surface area contributed by atoms with Crippen LogP contribution in [0.25, 0.3) is 22.1 Å². The van der Waals surface area contributed by atoms with E-state index in [1.807, 2.05) is 26.1 Å². The van der Waals surface area contributed by atoms with E-state index in [2.05, 4.69) is 14.5 Å². The summed E-state index contributed by atoms with van der Waals surface area (Å²) in [6.07, 6.45) is 6.84. The van der Waals surface area contributed by atoms with Crippen molar-refractivity contribution in [3.05, 3.63) is 24.3 Å². The van der Waals surface area contributed by atoms with Gasteiger partial charge >= 0.3 is 0 Å². The Labute approximate surface area is 145 Å². The van der Waals surface area contributed by atoms with Crippen molar-refractivity contribution in [2.24, 2.45) is 10.6 Å². The zero-order chi connectivity index (χ0) is 17.6. The molecule has 6 rings (SSSR count). The maximum absolute atomic E-state index is 12.0. The van der Waals surface area contributed by atoms with Crippen LogP contribution in [0.15, 0.2) is 18.5 Å². The van der Waals surface area contributed by atoms with Gasteiger partial charge in [-0.05, 0) is 44.1 Å². The van der Waals surface area contributed by atoms with Crippen molar-refractivity contribution in [3.8, 4) is 0 Å². The number of nitrogens with zero attached hydrogens (tertiary/aromatic N) is 3. The predicted octanol–water partition coefficient (Wildman–Crippen LogP) is 2.17. The quantitative estimate of drug-likeness (QED) is 0.744. The van der Waals surface area contributed by atoms with Gasteiger partial charge in [0.15, 0.2) is 0 Å². The van der Waals surface area contributed by atoms with Crippen molar-refractivity contribution >= 4 is 32.1 Å². The molecular weight excluding hydrogens is 338 g/mol. The molecule has 1 unspecified atom stereocenters. The molecule has 3 aromatic rings. The van der Waals surface area contributed by atoms with Gasteiger partial charge in [0.1, 0.15) is 17.0 Å². The van der Waals surface area contributed by atoms with E-state index in [-0.39, 0.29) is 11.0 Å². The highest BCUT2D eigenvalue weighted by atomic mass is 32.2. The summed E-state index contributed by atoms with van der Waals surface area (Å²) in [5, 5.41) is 6.12. The number of fused-ring (bicyclic) bond motifs is 3. The number of nitrogens with one attached hydrogen (secondary N) is 1. The van der Waals surface area contributed by atoms with Gasteiger partial charge in [0.05, 0.1) is 17.0 Å². The third-order valence-corrected chi connectivity index (χ3v) is 7.96. The third kappa shape index (κ3) is 1.76. The summed E-state index contributed by atoms with van der Waals surface area (Å²) in [5.41, 5.74) is 2.66. The molecule has 132 valence electrons. The number of aromatic nitrogens is 4. The number of rotatable bonds is 4. The van der Waals surface area contributed by atoms with Gasteiger partial charge < -0.3 is 9.55 Å². The number of nitrogens with two attached hydrogens (primary N) is 1. The van der Waals surface area contributed by atoms with Gasteiger partial charge in [0.2, 0.25) is 10.0 Å². The van der Waals surface area contributed by atoms with Crippen molar-refractivity contribution in [2.75, 3.05) is 0 Å². The fourth-order valence-electron chi connectivity index (χ4n) is 5.67. The maximum Gasteiger partial charge on any atom is 0.212 e. The van der Waals surface area contributed by atoms with Crippen LogP contribution in [0, 0.1) is 12.3 Å². The third-order valence-electron chi connectivity index (χ3n) is 6.34. The van der Waals surface area contributed by atoms with E-state index < -0.39 is 15.3 Å². The Kier molecular flexibility index (Phi) is 2.71. The number of imidazole rings is 1. The molecule has 3 fully saturated rings. The highest BCUT2D eigenvalue weighted by molar-refractivity contribution is 7.89. The highest BCUT2D eigenvalue weighted by Gasteiger charge is 2.73. The molecule has 0 amide bonds. The van der Waals surface area contributed by atoms with Gasteiger partial charge in [0, 0.05) is 17.1 Å². The van der Waals surface area contributed by atoms with E-state index >= 15 is 0 Å². The standard InChI is InChI=1S/C17H21N5O2S/c1-3-13(25(18,23)24)16-7-17(8-16,9-16)22-10(2)21-12-6-20-15-11(14(12)22)4-5-19-15/h4-6,13H,3,7-9H2,1-2H3,(H,19,20)(H2,18,23,24). The Balaban J connectivity index is 1.61. The number of aryl methyl sites for hydroxylation is 1. The van der Waals surface area contributed by atoms with Gasteiger partial charge in [-0.2, -0.15) is 0 Å².